The summed E-state index contributed by atoms with van der Waals surface area (Å²) < 4.78 is 17.1. The zero-order valence-electron chi connectivity index (χ0n) is 23.1. The summed E-state index contributed by atoms with van der Waals surface area (Å²) in [6, 6.07) is 0. The zero-order valence-corrected chi connectivity index (χ0v) is 24.7. The molecule has 0 saturated heterocycles. The second kappa shape index (κ2) is 10.6. The lowest BCUT2D eigenvalue weighted by Crippen LogP contribution is -2.64. The molecule has 8 heteroatoms. The molecule has 4 saturated carbocycles. The van der Waals surface area contributed by atoms with Crippen molar-refractivity contribution in [2.75, 3.05) is 7.11 Å². The molecule has 0 aromatic carbocycles. The number of hydrogen-bond donors (Lipinski definition) is 0. The van der Waals surface area contributed by atoms with E-state index >= 15 is 0 Å². The number of hydrogen-bond acceptors (Lipinski definition) is 7. The molecule has 4 rings (SSSR count). The van der Waals surface area contributed by atoms with Crippen LogP contribution in [0.15, 0.2) is 0 Å². The highest BCUT2D eigenvalue weighted by Gasteiger charge is 2.68. The van der Waals surface area contributed by atoms with E-state index in [4.69, 9.17) is 14.2 Å². The van der Waals surface area contributed by atoms with Gasteiger partial charge in [0.15, 0.2) is 0 Å². The van der Waals surface area contributed by atoms with E-state index in [1.807, 2.05) is 0 Å². The lowest BCUT2D eigenvalue weighted by atomic mass is 9.43. The van der Waals surface area contributed by atoms with Crippen LogP contribution < -0.4 is 0 Å². The van der Waals surface area contributed by atoms with Crippen LogP contribution in [-0.2, 0) is 33.4 Å². The van der Waals surface area contributed by atoms with Gasteiger partial charge in [-0.15, -0.1) is 0 Å². The minimum Gasteiger partial charge on any atom is -0.469 e. The van der Waals surface area contributed by atoms with Crippen molar-refractivity contribution < 1.29 is 33.4 Å². The predicted molar refractivity (Wildman–Crippen MR) is 141 cm³/mol. The number of Topliss-reactive ketones (excluding diaryl/α,β-unsaturated/α-hetero) is 1. The molecule has 0 radical (unpaired) electrons. The van der Waals surface area contributed by atoms with E-state index in [-0.39, 0.29) is 87.1 Å². The van der Waals surface area contributed by atoms with Crippen LogP contribution in [0, 0.1) is 46.3 Å². The lowest BCUT2D eigenvalue weighted by Gasteiger charge is -2.64. The summed E-state index contributed by atoms with van der Waals surface area (Å²) in [5.74, 6) is 0.586. The summed E-state index contributed by atoms with van der Waals surface area (Å²) in [4.78, 5) is 49.0. The molecule has 0 bridgehead atoms. The standard InChI is InChI=1S/C29H43BrO7/c1-15(7-10-25(34)35-6)18-8-9-19-26-20(14-24(29(18,19)5)37-17(3)32)28(4)12-11-22(33)27(30)21(28)13-23(26)36-16(2)31/h15,18-21,23-24,26-27H,7-14H2,1-6H3/t15-,18?,19+,20+,21-,23-,24+,26+,27+,28-,29-/m1/s1. The minimum absolute atomic E-state index is 0.0675. The molecule has 4 fully saturated rings. The van der Waals surface area contributed by atoms with Crippen molar-refractivity contribution in [3.8, 4) is 0 Å². The van der Waals surface area contributed by atoms with Gasteiger partial charge in [0.05, 0.1) is 11.9 Å². The topological polar surface area (TPSA) is 96.0 Å². The Morgan fingerprint density at radius 1 is 1.03 bits per heavy atom. The van der Waals surface area contributed by atoms with Crippen LogP contribution in [0.5, 0.6) is 0 Å². The SMILES string of the molecule is COC(=O)CC[C@@H](C)C1CC[C@H]2[C@@H]3[C@H](OC(C)=O)C[C@@H]4[C@H](Br)C(=O)CC[C@]4(C)[C@H]3C[C@H](OC(C)=O)[C@]12C. The number of fused-ring (bicyclic) bond motifs is 5. The third-order valence-electron chi connectivity index (χ3n) is 11.0. The van der Waals surface area contributed by atoms with E-state index in [9.17, 15) is 19.2 Å². The van der Waals surface area contributed by atoms with Gasteiger partial charge in [-0.3, -0.25) is 19.2 Å². The number of ether oxygens (including phenoxy) is 3. The maximum atomic E-state index is 12.7. The lowest BCUT2D eigenvalue weighted by molar-refractivity contribution is -0.218. The van der Waals surface area contributed by atoms with Gasteiger partial charge in [-0.25, -0.2) is 0 Å². The highest BCUT2D eigenvalue weighted by atomic mass is 79.9. The van der Waals surface area contributed by atoms with Gasteiger partial charge in [0.1, 0.15) is 18.0 Å². The number of rotatable bonds is 6. The molecule has 1 unspecified atom stereocenters. The predicted octanol–water partition coefficient (Wildman–Crippen LogP) is 5.26. The minimum atomic E-state index is -0.289. The molecule has 11 atom stereocenters. The molecule has 208 valence electrons. The average Bonchev–Trinajstić information content (AvgIpc) is 3.19. The van der Waals surface area contributed by atoms with E-state index in [2.05, 4.69) is 36.7 Å². The number of halogens is 1. The first-order valence-corrected chi connectivity index (χ1v) is 14.8. The largest absolute Gasteiger partial charge is 0.469 e. The third kappa shape index (κ3) is 4.89. The van der Waals surface area contributed by atoms with E-state index in [1.165, 1.54) is 21.0 Å². The van der Waals surface area contributed by atoms with E-state index in [1.54, 1.807) is 0 Å². The zero-order chi connectivity index (χ0) is 27.3. The van der Waals surface area contributed by atoms with Crippen molar-refractivity contribution in [3.63, 3.8) is 0 Å². The summed E-state index contributed by atoms with van der Waals surface area (Å²) in [6.07, 6.45) is 5.25. The number of methoxy groups -OCH3 is 1. The molecule has 4 aliphatic rings. The van der Waals surface area contributed by atoms with Crippen molar-refractivity contribution in [1.29, 1.82) is 0 Å². The first-order valence-electron chi connectivity index (χ1n) is 13.9. The summed E-state index contributed by atoms with van der Waals surface area (Å²) in [7, 11) is 1.42. The highest BCUT2D eigenvalue weighted by Crippen LogP contribution is 2.69. The molecule has 0 aliphatic heterocycles. The van der Waals surface area contributed by atoms with Crippen LogP contribution in [0.1, 0.15) is 86.0 Å². The monoisotopic (exact) mass is 582 g/mol. The summed E-state index contributed by atoms with van der Waals surface area (Å²) in [5, 5.41) is 0. The normalized spacial score (nSPS) is 43.6. The van der Waals surface area contributed by atoms with Crippen LogP contribution in [0.3, 0.4) is 0 Å². The van der Waals surface area contributed by atoms with Gasteiger partial charge in [0.25, 0.3) is 0 Å². The fourth-order valence-electron chi connectivity index (χ4n) is 9.28. The fourth-order valence-corrected chi connectivity index (χ4v) is 10.3. The maximum Gasteiger partial charge on any atom is 0.305 e. The number of carbonyl (C=O) groups excluding carboxylic acids is 4. The highest BCUT2D eigenvalue weighted by molar-refractivity contribution is 9.10. The molecular weight excluding hydrogens is 540 g/mol. The Morgan fingerprint density at radius 2 is 1.70 bits per heavy atom. The van der Waals surface area contributed by atoms with Crippen molar-refractivity contribution in [2.24, 2.45) is 46.3 Å². The summed E-state index contributed by atoms with van der Waals surface area (Å²) in [5.41, 5.74) is -0.403. The van der Waals surface area contributed by atoms with Crippen LogP contribution in [0.25, 0.3) is 0 Å². The second-order valence-electron chi connectivity index (χ2n) is 12.6. The van der Waals surface area contributed by atoms with Crippen molar-refractivity contribution >= 4 is 39.6 Å². The van der Waals surface area contributed by atoms with Crippen LogP contribution in [0.4, 0.5) is 0 Å². The van der Waals surface area contributed by atoms with E-state index in [0.717, 1.165) is 25.7 Å². The van der Waals surface area contributed by atoms with Gasteiger partial charge in [-0.05, 0) is 73.5 Å². The summed E-state index contributed by atoms with van der Waals surface area (Å²) >= 11 is 3.71. The van der Waals surface area contributed by atoms with Gasteiger partial charge in [-0.1, -0.05) is 36.7 Å². The van der Waals surface area contributed by atoms with E-state index < -0.39 is 0 Å². The first kappa shape index (κ1) is 28.6. The van der Waals surface area contributed by atoms with E-state index in [0.29, 0.717) is 25.7 Å². The van der Waals surface area contributed by atoms with Crippen LogP contribution in [-0.4, -0.2) is 47.8 Å². The third-order valence-corrected chi connectivity index (χ3v) is 12.2. The Balaban J connectivity index is 1.74. The molecule has 4 aliphatic carbocycles. The molecule has 0 spiro atoms. The number of esters is 3. The maximum absolute atomic E-state index is 12.7. The van der Waals surface area contributed by atoms with Crippen molar-refractivity contribution in [1.82, 2.24) is 0 Å². The fraction of sp³-hybridized carbons (Fsp3) is 0.862. The molecule has 0 N–H and O–H groups in total. The Kier molecular flexibility index (Phi) is 8.19. The van der Waals surface area contributed by atoms with Gasteiger partial charge in [0.2, 0.25) is 0 Å². The van der Waals surface area contributed by atoms with Gasteiger partial charge in [0, 0.05) is 38.0 Å². The number of carbonyl (C=O) groups is 4. The molecule has 0 heterocycles. The van der Waals surface area contributed by atoms with Gasteiger partial charge >= 0.3 is 17.9 Å². The van der Waals surface area contributed by atoms with Crippen molar-refractivity contribution in [3.05, 3.63) is 0 Å². The average molecular weight is 584 g/mol. The Morgan fingerprint density at radius 3 is 2.32 bits per heavy atom. The Hall–Kier alpha value is -1.44. The second-order valence-corrected chi connectivity index (χ2v) is 13.6. The molecular formula is C29H43BrO7. The number of alkyl halides is 1. The smallest absolute Gasteiger partial charge is 0.305 e. The molecule has 37 heavy (non-hydrogen) atoms. The molecule has 7 nitrogen and oxygen atoms in total. The van der Waals surface area contributed by atoms with Gasteiger partial charge in [-0.2, -0.15) is 0 Å². The van der Waals surface area contributed by atoms with Gasteiger partial charge < -0.3 is 14.2 Å². The Bertz CT molecular complexity index is 935. The molecule has 0 amide bonds. The quantitative estimate of drug-likeness (QED) is 0.239. The number of ketones is 1. The first-order chi connectivity index (χ1) is 17.3. The summed E-state index contributed by atoms with van der Waals surface area (Å²) in [6.45, 7) is 9.72. The molecule has 0 aromatic heterocycles. The molecule has 0 aromatic rings. The van der Waals surface area contributed by atoms with Crippen LogP contribution >= 0.6 is 15.9 Å². The van der Waals surface area contributed by atoms with Crippen molar-refractivity contribution in [2.45, 2.75) is 103 Å². The Labute approximate surface area is 229 Å². The van der Waals surface area contributed by atoms with Crippen LogP contribution in [0.2, 0.25) is 0 Å².